The quantitative estimate of drug-likeness (QED) is 0.820. The first-order valence-corrected chi connectivity index (χ1v) is 5.98. The largest absolute Gasteiger partial charge is 0.314 e. The maximum atomic E-state index is 11.7. The van der Waals surface area contributed by atoms with Crippen molar-refractivity contribution in [3.05, 3.63) is 33.8 Å². The van der Waals surface area contributed by atoms with Crippen LogP contribution in [0.5, 0.6) is 0 Å². The predicted octanol–water partition coefficient (Wildman–Crippen LogP) is 3.56. The van der Waals surface area contributed by atoms with Gasteiger partial charge in [0, 0.05) is 24.6 Å². The lowest BCUT2D eigenvalue weighted by Crippen LogP contribution is -2.25. The van der Waals surface area contributed by atoms with E-state index in [1.807, 2.05) is 13.8 Å². The van der Waals surface area contributed by atoms with E-state index in [1.54, 1.807) is 18.2 Å². The molecule has 0 atom stereocenters. The van der Waals surface area contributed by atoms with Crippen LogP contribution in [0.2, 0.25) is 10.0 Å². The lowest BCUT2D eigenvalue weighted by molar-refractivity contribution is 0.0982. The summed E-state index contributed by atoms with van der Waals surface area (Å²) in [6.45, 7) is 4.77. The number of halogens is 2. The van der Waals surface area contributed by atoms with Gasteiger partial charge in [-0.2, -0.15) is 0 Å². The van der Waals surface area contributed by atoms with E-state index in [9.17, 15) is 4.79 Å². The maximum Gasteiger partial charge on any atom is 0.164 e. The Labute approximate surface area is 106 Å². The first kappa shape index (κ1) is 13.5. The first-order valence-electron chi connectivity index (χ1n) is 5.22. The summed E-state index contributed by atoms with van der Waals surface area (Å²) in [6.07, 6.45) is 0.468. The summed E-state index contributed by atoms with van der Waals surface area (Å²) in [7, 11) is 0. The van der Waals surface area contributed by atoms with Gasteiger partial charge in [0.15, 0.2) is 5.78 Å². The van der Waals surface area contributed by atoms with Crippen molar-refractivity contribution >= 4 is 29.0 Å². The van der Waals surface area contributed by atoms with Crippen LogP contribution in [-0.4, -0.2) is 18.4 Å². The minimum Gasteiger partial charge on any atom is -0.314 e. The number of ketones is 1. The van der Waals surface area contributed by atoms with Crippen LogP contribution >= 0.6 is 23.2 Å². The molecule has 4 heteroatoms. The van der Waals surface area contributed by atoms with Crippen LogP contribution < -0.4 is 5.32 Å². The van der Waals surface area contributed by atoms with E-state index in [0.717, 1.165) is 0 Å². The van der Waals surface area contributed by atoms with E-state index >= 15 is 0 Å². The second-order valence-corrected chi connectivity index (χ2v) is 4.73. The van der Waals surface area contributed by atoms with Crippen molar-refractivity contribution in [1.29, 1.82) is 0 Å². The van der Waals surface area contributed by atoms with Crippen molar-refractivity contribution in [2.45, 2.75) is 26.3 Å². The topological polar surface area (TPSA) is 29.1 Å². The minimum atomic E-state index is 0.0757. The number of Topliss-reactive ketones (excluding diaryl/α,β-unsaturated/α-hetero) is 1. The average molecular weight is 260 g/mol. The first-order chi connectivity index (χ1) is 7.50. The van der Waals surface area contributed by atoms with Gasteiger partial charge >= 0.3 is 0 Å². The smallest absolute Gasteiger partial charge is 0.164 e. The zero-order valence-electron chi connectivity index (χ0n) is 9.39. The highest BCUT2D eigenvalue weighted by molar-refractivity contribution is 6.42. The summed E-state index contributed by atoms with van der Waals surface area (Å²) in [4.78, 5) is 11.7. The number of hydrogen-bond donors (Lipinski definition) is 1. The van der Waals surface area contributed by atoms with Crippen LogP contribution in [0.25, 0.3) is 0 Å². The molecule has 1 aromatic rings. The molecule has 88 valence electrons. The van der Waals surface area contributed by atoms with Crippen LogP contribution in [0.15, 0.2) is 18.2 Å². The van der Waals surface area contributed by atoms with Gasteiger partial charge in [0.25, 0.3) is 0 Å². The molecule has 1 aromatic carbocycles. The Hall–Kier alpha value is -0.570. The van der Waals surface area contributed by atoms with Gasteiger partial charge in [-0.25, -0.2) is 0 Å². The van der Waals surface area contributed by atoms with Gasteiger partial charge in [0.05, 0.1) is 10.0 Å². The molecule has 0 bridgehead atoms. The van der Waals surface area contributed by atoms with Crippen molar-refractivity contribution in [2.75, 3.05) is 6.54 Å². The molecule has 16 heavy (non-hydrogen) atoms. The van der Waals surface area contributed by atoms with Gasteiger partial charge in [0.1, 0.15) is 0 Å². The Balaban J connectivity index is 2.56. The van der Waals surface area contributed by atoms with E-state index in [-0.39, 0.29) is 5.78 Å². The fourth-order valence-corrected chi connectivity index (χ4v) is 1.59. The number of benzene rings is 1. The third-order valence-electron chi connectivity index (χ3n) is 2.15. The standard InChI is InChI=1S/C12H15Cl2NO/c1-8(2)15-6-5-12(16)9-3-4-10(13)11(14)7-9/h3-4,7-8,15H,5-6H2,1-2H3. The third-order valence-corrected chi connectivity index (χ3v) is 2.89. The second kappa shape index (κ2) is 6.24. The van der Waals surface area contributed by atoms with E-state index in [4.69, 9.17) is 23.2 Å². The van der Waals surface area contributed by atoms with Gasteiger partial charge in [-0.1, -0.05) is 37.0 Å². The van der Waals surface area contributed by atoms with Crippen LogP contribution in [0.4, 0.5) is 0 Å². The van der Waals surface area contributed by atoms with Crippen molar-refractivity contribution in [3.63, 3.8) is 0 Å². The molecule has 0 aliphatic heterocycles. The molecule has 0 heterocycles. The summed E-state index contributed by atoms with van der Waals surface area (Å²) >= 11 is 11.6. The molecule has 0 saturated heterocycles. The zero-order chi connectivity index (χ0) is 12.1. The highest BCUT2D eigenvalue weighted by Gasteiger charge is 2.07. The number of carbonyl (C=O) groups excluding carboxylic acids is 1. The summed E-state index contributed by atoms with van der Waals surface area (Å²) < 4.78 is 0. The van der Waals surface area contributed by atoms with Gasteiger partial charge in [-0.15, -0.1) is 0 Å². The van der Waals surface area contributed by atoms with E-state index in [0.29, 0.717) is 34.6 Å². The number of rotatable bonds is 5. The molecule has 2 nitrogen and oxygen atoms in total. The van der Waals surface area contributed by atoms with Gasteiger partial charge in [0.2, 0.25) is 0 Å². The molecule has 0 radical (unpaired) electrons. The fourth-order valence-electron chi connectivity index (χ4n) is 1.29. The molecule has 0 spiro atoms. The fraction of sp³-hybridized carbons (Fsp3) is 0.417. The van der Waals surface area contributed by atoms with Crippen molar-refractivity contribution in [2.24, 2.45) is 0 Å². The summed E-state index contributed by atoms with van der Waals surface area (Å²) in [5, 5.41) is 4.08. The molecule has 0 aliphatic carbocycles. The third kappa shape index (κ3) is 4.12. The number of carbonyl (C=O) groups is 1. The van der Waals surface area contributed by atoms with Crippen LogP contribution in [-0.2, 0) is 0 Å². The highest BCUT2D eigenvalue weighted by atomic mass is 35.5. The van der Waals surface area contributed by atoms with Crippen molar-refractivity contribution in [1.82, 2.24) is 5.32 Å². The molecular weight excluding hydrogens is 245 g/mol. The zero-order valence-corrected chi connectivity index (χ0v) is 10.9. The van der Waals surface area contributed by atoms with Crippen molar-refractivity contribution < 1.29 is 4.79 Å². The Bertz CT molecular complexity index is 377. The predicted molar refractivity (Wildman–Crippen MR) is 68.5 cm³/mol. The van der Waals surface area contributed by atoms with Gasteiger partial charge < -0.3 is 5.32 Å². The number of nitrogens with one attached hydrogen (secondary N) is 1. The number of hydrogen-bond acceptors (Lipinski definition) is 2. The molecule has 0 unspecified atom stereocenters. The van der Waals surface area contributed by atoms with Crippen molar-refractivity contribution in [3.8, 4) is 0 Å². The van der Waals surface area contributed by atoms with E-state index in [2.05, 4.69) is 5.32 Å². The maximum absolute atomic E-state index is 11.7. The second-order valence-electron chi connectivity index (χ2n) is 3.91. The van der Waals surface area contributed by atoms with Crippen LogP contribution in [0.3, 0.4) is 0 Å². The summed E-state index contributed by atoms with van der Waals surface area (Å²) in [5.74, 6) is 0.0757. The molecule has 0 aliphatic rings. The normalized spacial score (nSPS) is 10.8. The Kier molecular flexibility index (Phi) is 5.26. The lowest BCUT2D eigenvalue weighted by Gasteiger charge is -2.07. The molecule has 0 fully saturated rings. The monoisotopic (exact) mass is 259 g/mol. The molecular formula is C12H15Cl2NO. The van der Waals surface area contributed by atoms with Gasteiger partial charge in [-0.05, 0) is 18.2 Å². The highest BCUT2D eigenvalue weighted by Crippen LogP contribution is 2.23. The minimum absolute atomic E-state index is 0.0757. The van der Waals surface area contributed by atoms with E-state index in [1.165, 1.54) is 0 Å². The van der Waals surface area contributed by atoms with Gasteiger partial charge in [-0.3, -0.25) is 4.79 Å². The molecule has 0 saturated carbocycles. The van der Waals surface area contributed by atoms with E-state index < -0.39 is 0 Å². The SMILES string of the molecule is CC(C)NCCC(=O)c1ccc(Cl)c(Cl)c1. The van der Waals surface area contributed by atoms with Crippen LogP contribution in [0.1, 0.15) is 30.6 Å². The molecule has 0 aromatic heterocycles. The summed E-state index contributed by atoms with van der Waals surface area (Å²) in [6, 6.07) is 5.35. The Morgan fingerprint density at radius 2 is 2.00 bits per heavy atom. The van der Waals surface area contributed by atoms with Crippen LogP contribution in [0, 0.1) is 0 Å². The molecule has 1 N–H and O–H groups in total. The Morgan fingerprint density at radius 1 is 1.31 bits per heavy atom. The molecule has 0 amide bonds. The Morgan fingerprint density at radius 3 is 2.56 bits per heavy atom. The lowest BCUT2D eigenvalue weighted by atomic mass is 10.1. The summed E-state index contributed by atoms with van der Waals surface area (Å²) in [5.41, 5.74) is 0.611. The molecule has 1 rings (SSSR count). The average Bonchev–Trinajstić information content (AvgIpc) is 2.21.